The van der Waals surface area contributed by atoms with E-state index in [0.717, 1.165) is 22.3 Å². The number of benzene rings is 2. The SMILES string of the molecule is CC(C)(CC(=O)N[C@H]1CCO[C@H]1C(=O)O)NC(=O)OCC1c2ccccc2-c2ccccc21. The molecule has 2 atom stereocenters. The molecule has 1 heterocycles. The number of fused-ring (bicyclic) bond motifs is 3. The van der Waals surface area contributed by atoms with Crippen LogP contribution in [-0.4, -0.2) is 54.0 Å². The summed E-state index contributed by atoms with van der Waals surface area (Å²) in [5, 5.41) is 14.6. The maximum Gasteiger partial charge on any atom is 0.407 e. The Hall–Kier alpha value is -3.39. The van der Waals surface area contributed by atoms with Crippen LogP contribution in [0.4, 0.5) is 4.79 Å². The average molecular weight is 453 g/mol. The van der Waals surface area contributed by atoms with Crippen molar-refractivity contribution in [3.63, 3.8) is 0 Å². The molecule has 1 fully saturated rings. The molecule has 0 saturated carbocycles. The highest BCUT2D eigenvalue weighted by atomic mass is 16.5. The Morgan fingerprint density at radius 2 is 1.67 bits per heavy atom. The summed E-state index contributed by atoms with van der Waals surface area (Å²) in [5.74, 6) is -1.51. The molecule has 1 aliphatic heterocycles. The van der Waals surface area contributed by atoms with Crippen molar-refractivity contribution in [3.8, 4) is 11.1 Å². The number of amides is 2. The molecule has 0 spiro atoms. The highest BCUT2D eigenvalue weighted by Crippen LogP contribution is 2.44. The molecule has 0 radical (unpaired) electrons. The summed E-state index contributed by atoms with van der Waals surface area (Å²) >= 11 is 0. The van der Waals surface area contributed by atoms with E-state index < -0.39 is 29.7 Å². The van der Waals surface area contributed by atoms with Crippen molar-refractivity contribution in [2.75, 3.05) is 13.2 Å². The molecule has 0 aromatic heterocycles. The number of ether oxygens (including phenoxy) is 2. The number of carboxylic acids is 1. The summed E-state index contributed by atoms with van der Waals surface area (Å²) in [6.07, 6.45) is -1.25. The summed E-state index contributed by atoms with van der Waals surface area (Å²) in [6.45, 7) is 3.90. The molecular weight excluding hydrogens is 424 g/mol. The molecule has 8 nitrogen and oxygen atoms in total. The predicted molar refractivity (Wildman–Crippen MR) is 121 cm³/mol. The van der Waals surface area contributed by atoms with Gasteiger partial charge in [-0.15, -0.1) is 0 Å². The van der Waals surface area contributed by atoms with Gasteiger partial charge >= 0.3 is 12.1 Å². The van der Waals surface area contributed by atoms with Crippen LogP contribution >= 0.6 is 0 Å². The van der Waals surface area contributed by atoms with E-state index in [2.05, 4.69) is 22.8 Å². The number of carboxylic acid groups (broad SMARTS) is 1. The zero-order chi connectivity index (χ0) is 23.6. The number of carbonyl (C=O) groups is 3. The van der Waals surface area contributed by atoms with Gasteiger partial charge in [-0.1, -0.05) is 48.5 Å². The standard InChI is InChI=1S/C25H28N2O6/c1-25(2,13-21(28)26-20-11-12-32-22(20)23(29)30)27-24(31)33-14-19-17-9-5-3-7-15(17)16-8-4-6-10-18(16)19/h3-10,19-20,22H,11-14H2,1-2H3,(H,26,28)(H,27,31)(H,29,30)/t20-,22+/m0/s1. The van der Waals surface area contributed by atoms with Gasteiger partial charge in [0.2, 0.25) is 5.91 Å². The monoisotopic (exact) mass is 452 g/mol. The van der Waals surface area contributed by atoms with Crippen LogP contribution in [0.15, 0.2) is 48.5 Å². The third-order valence-corrected chi connectivity index (χ3v) is 6.07. The molecule has 2 amide bonds. The second-order valence-corrected chi connectivity index (χ2v) is 9.10. The second-order valence-electron chi connectivity index (χ2n) is 9.10. The van der Waals surface area contributed by atoms with Crippen molar-refractivity contribution in [1.29, 1.82) is 0 Å². The van der Waals surface area contributed by atoms with E-state index in [1.54, 1.807) is 13.8 Å². The van der Waals surface area contributed by atoms with E-state index in [1.807, 2.05) is 36.4 Å². The summed E-state index contributed by atoms with van der Waals surface area (Å²) in [6, 6.07) is 15.6. The maximum absolute atomic E-state index is 12.5. The van der Waals surface area contributed by atoms with E-state index in [1.165, 1.54) is 0 Å². The van der Waals surface area contributed by atoms with E-state index in [0.29, 0.717) is 6.42 Å². The van der Waals surface area contributed by atoms with Gasteiger partial charge in [0.25, 0.3) is 0 Å². The summed E-state index contributed by atoms with van der Waals surface area (Å²) in [7, 11) is 0. The zero-order valence-electron chi connectivity index (χ0n) is 18.7. The van der Waals surface area contributed by atoms with Crippen molar-refractivity contribution in [3.05, 3.63) is 59.7 Å². The molecule has 2 aromatic rings. The number of rotatable bonds is 7. The van der Waals surface area contributed by atoms with Gasteiger partial charge in [0.1, 0.15) is 6.61 Å². The Morgan fingerprint density at radius 1 is 1.06 bits per heavy atom. The van der Waals surface area contributed by atoms with Crippen LogP contribution in [0.2, 0.25) is 0 Å². The molecular formula is C25H28N2O6. The Labute approximate surface area is 192 Å². The highest BCUT2D eigenvalue weighted by Gasteiger charge is 2.36. The average Bonchev–Trinajstić information content (AvgIpc) is 3.34. The molecule has 4 rings (SSSR count). The maximum atomic E-state index is 12.5. The minimum absolute atomic E-state index is 0.0277. The fraction of sp³-hybridized carbons (Fsp3) is 0.400. The number of hydrogen-bond donors (Lipinski definition) is 3. The molecule has 1 saturated heterocycles. The largest absolute Gasteiger partial charge is 0.479 e. The zero-order valence-corrected chi connectivity index (χ0v) is 18.7. The summed E-state index contributed by atoms with van der Waals surface area (Å²) in [4.78, 5) is 36.2. The molecule has 8 heteroatoms. The van der Waals surface area contributed by atoms with Gasteiger partial charge < -0.3 is 25.2 Å². The summed E-state index contributed by atoms with van der Waals surface area (Å²) < 4.78 is 10.7. The number of aliphatic carboxylic acids is 1. The lowest BCUT2D eigenvalue weighted by atomic mass is 9.98. The van der Waals surface area contributed by atoms with Gasteiger partial charge in [0, 0.05) is 24.5 Å². The lowest BCUT2D eigenvalue weighted by Gasteiger charge is -2.27. The lowest BCUT2D eigenvalue weighted by Crippen LogP contribution is -2.50. The molecule has 3 N–H and O–H groups in total. The van der Waals surface area contributed by atoms with E-state index >= 15 is 0 Å². The van der Waals surface area contributed by atoms with Crippen molar-refractivity contribution in [2.24, 2.45) is 0 Å². The molecule has 174 valence electrons. The van der Waals surface area contributed by atoms with Gasteiger partial charge in [-0.25, -0.2) is 9.59 Å². The van der Waals surface area contributed by atoms with Crippen molar-refractivity contribution in [1.82, 2.24) is 10.6 Å². The smallest absolute Gasteiger partial charge is 0.407 e. The highest BCUT2D eigenvalue weighted by molar-refractivity contribution is 5.81. The first-order valence-electron chi connectivity index (χ1n) is 11.0. The van der Waals surface area contributed by atoms with Gasteiger partial charge in [-0.3, -0.25) is 4.79 Å². The van der Waals surface area contributed by atoms with Crippen molar-refractivity contribution >= 4 is 18.0 Å². The Bertz CT molecular complexity index is 1020. The van der Waals surface area contributed by atoms with Crippen LogP contribution in [0.1, 0.15) is 43.7 Å². The van der Waals surface area contributed by atoms with E-state index in [4.69, 9.17) is 14.6 Å². The number of nitrogens with one attached hydrogen (secondary N) is 2. The first-order chi connectivity index (χ1) is 15.7. The number of carbonyl (C=O) groups excluding carboxylic acids is 2. The summed E-state index contributed by atoms with van der Waals surface area (Å²) in [5.41, 5.74) is 3.66. The van der Waals surface area contributed by atoms with Crippen LogP contribution in [-0.2, 0) is 19.1 Å². The number of hydrogen-bond acceptors (Lipinski definition) is 5. The minimum Gasteiger partial charge on any atom is -0.479 e. The minimum atomic E-state index is -1.10. The van der Waals surface area contributed by atoms with Gasteiger partial charge in [-0.2, -0.15) is 0 Å². The second kappa shape index (κ2) is 9.23. The fourth-order valence-electron chi connectivity index (χ4n) is 4.59. The number of alkyl carbamates (subject to hydrolysis) is 1. The third kappa shape index (κ3) is 5.01. The quantitative estimate of drug-likeness (QED) is 0.595. The van der Waals surface area contributed by atoms with E-state index in [9.17, 15) is 14.4 Å². The molecule has 2 aliphatic rings. The normalized spacial score (nSPS) is 19.5. The van der Waals surface area contributed by atoms with Gasteiger partial charge in [-0.05, 0) is 42.5 Å². The van der Waals surface area contributed by atoms with Crippen LogP contribution in [0.3, 0.4) is 0 Å². The first-order valence-corrected chi connectivity index (χ1v) is 11.0. The Morgan fingerprint density at radius 3 is 2.27 bits per heavy atom. The van der Waals surface area contributed by atoms with Crippen LogP contribution in [0.5, 0.6) is 0 Å². The van der Waals surface area contributed by atoms with Crippen LogP contribution < -0.4 is 10.6 Å². The predicted octanol–water partition coefficient (Wildman–Crippen LogP) is 3.05. The van der Waals surface area contributed by atoms with E-state index in [-0.39, 0.29) is 31.5 Å². The molecule has 33 heavy (non-hydrogen) atoms. The first kappa shape index (κ1) is 22.8. The van der Waals surface area contributed by atoms with Crippen molar-refractivity contribution in [2.45, 2.75) is 50.3 Å². The fourth-order valence-corrected chi connectivity index (χ4v) is 4.59. The Kier molecular flexibility index (Phi) is 6.37. The van der Waals surface area contributed by atoms with Gasteiger partial charge in [0.05, 0.1) is 6.04 Å². The lowest BCUT2D eigenvalue weighted by molar-refractivity contribution is -0.148. The van der Waals surface area contributed by atoms with Gasteiger partial charge in [0.15, 0.2) is 6.10 Å². The van der Waals surface area contributed by atoms with Crippen LogP contribution in [0.25, 0.3) is 11.1 Å². The topological polar surface area (TPSA) is 114 Å². The van der Waals surface area contributed by atoms with Crippen LogP contribution in [0, 0.1) is 0 Å². The molecule has 0 unspecified atom stereocenters. The third-order valence-electron chi connectivity index (χ3n) is 6.07. The molecule has 2 aromatic carbocycles. The molecule has 1 aliphatic carbocycles. The Balaban J connectivity index is 1.32. The molecule has 0 bridgehead atoms. The van der Waals surface area contributed by atoms with Crippen molar-refractivity contribution < 1.29 is 29.0 Å².